The Kier molecular flexibility index (Phi) is 11.5. The number of hydrogen-bond donors (Lipinski definition) is 3. The Bertz CT molecular complexity index is 1850. The zero-order valence-corrected chi connectivity index (χ0v) is 31.6. The van der Waals surface area contributed by atoms with E-state index in [1.807, 2.05) is 0 Å². The van der Waals surface area contributed by atoms with E-state index in [4.69, 9.17) is 9.47 Å². The molecule has 54 heavy (non-hydrogen) atoms. The van der Waals surface area contributed by atoms with Crippen molar-refractivity contribution in [2.45, 2.75) is 101 Å². The van der Waals surface area contributed by atoms with Crippen molar-refractivity contribution in [1.82, 2.24) is 30.1 Å². The predicted octanol–water partition coefficient (Wildman–Crippen LogP) is 1.84. The minimum Gasteiger partial charge on any atom is -0.444 e. The maximum absolute atomic E-state index is 14.4. The van der Waals surface area contributed by atoms with Gasteiger partial charge >= 0.3 is 12.2 Å². The van der Waals surface area contributed by atoms with Gasteiger partial charge in [0.25, 0.3) is 5.91 Å². The molecule has 0 radical (unpaired) electrons. The number of benzene rings is 1. The first kappa shape index (κ1) is 40.2. The van der Waals surface area contributed by atoms with Gasteiger partial charge in [0, 0.05) is 38.0 Å². The van der Waals surface area contributed by atoms with E-state index in [-0.39, 0.29) is 45.4 Å². The number of carbonyl (C=O) groups is 6. The van der Waals surface area contributed by atoms with Gasteiger partial charge in [-0.2, -0.15) is 0 Å². The van der Waals surface area contributed by atoms with Crippen LogP contribution < -0.4 is 15.4 Å². The fourth-order valence-electron chi connectivity index (χ4n) is 6.62. The Balaban J connectivity index is 1.39. The number of nitrogens with one attached hydrogen (secondary N) is 3. The van der Waals surface area contributed by atoms with E-state index >= 15 is 0 Å². The Labute approximate surface area is 313 Å². The summed E-state index contributed by atoms with van der Waals surface area (Å²) < 4.78 is 53.0. The Morgan fingerprint density at radius 2 is 1.83 bits per heavy atom. The number of carbonyl (C=O) groups excluding carboxylic acids is 6. The number of hydrogen-bond acceptors (Lipinski definition) is 10. The quantitative estimate of drug-likeness (QED) is 0.196. The molecule has 1 saturated heterocycles. The van der Waals surface area contributed by atoms with Crippen LogP contribution >= 0.6 is 0 Å². The molecule has 3 fully saturated rings. The number of fused-ring (bicyclic) bond motifs is 1. The topological polar surface area (TPSA) is 201 Å². The van der Waals surface area contributed by atoms with Gasteiger partial charge in [0.1, 0.15) is 35.1 Å². The van der Waals surface area contributed by atoms with Crippen LogP contribution in [0.25, 0.3) is 0 Å². The summed E-state index contributed by atoms with van der Waals surface area (Å²) in [5.74, 6) is -4.09. The van der Waals surface area contributed by atoms with Crippen molar-refractivity contribution in [1.29, 1.82) is 0 Å². The van der Waals surface area contributed by atoms with Gasteiger partial charge in [0.15, 0.2) is 0 Å². The monoisotopic (exact) mass is 774 g/mol. The summed E-state index contributed by atoms with van der Waals surface area (Å²) in [7, 11) is -2.50. The molecule has 5 rings (SSSR count). The van der Waals surface area contributed by atoms with Crippen molar-refractivity contribution in [3.05, 3.63) is 60.5 Å². The van der Waals surface area contributed by atoms with E-state index in [0.29, 0.717) is 24.0 Å². The second-order valence-corrected chi connectivity index (χ2v) is 17.1. The highest BCUT2D eigenvalue weighted by molar-refractivity contribution is 7.91. The van der Waals surface area contributed by atoms with E-state index < -0.39 is 92.2 Å². The van der Waals surface area contributed by atoms with Gasteiger partial charge in [0.05, 0.1) is 18.3 Å². The van der Waals surface area contributed by atoms with Crippen LogP contribution in [0.5, 0.6) is 0 Å². The van der Waals surface area contributed by atoms with E-state index in [1.165, 1.54) is 35.1 Å². The number of nitrogens with zero attached hydrogens (tertiary/aromatic N) is 3. The van der Waals surface area contributed by atoms with Crippen LogP contribution in [0.4, 0.5) is 14.0 Å². The first-order valence-corrected chi connectivity index (χ1v) is 19.2. The smallest absolute Gasteiger partial charge is 0.410 e. The normalized spacial score (nSPS) is 23.7. The molecule has 16 nitrogen and oxygen atoms in total. The van der Waals surface area contributed by atoms with Crippen LogP contribution in [0.15, 0.2) is 43.5 Å². The summed E-state index contributed by atoms with van der Waals surface area (Å²) in [4.78, 5) is 84.1. The number of rotatable bonds is 13. The van der Waals surface area contributed by atoms with Crippen molar-refractivity contribution >= 4 is 45.8 Å². The summed E-state index contributed by atoms with van der Waals surface area (Å²) in [5, 5.41) is 4.48. The lowest BCUT2D eigenvalue weighted by Gasteiger charge is -2.31. The number of ether oxygens (including phenoxy) is 2. The standard InChI is InChI=1S/C36H47FN6O10S/c1-7-22-17-36(22,32(47)40-54(50,51)24-12-13-24)39-30(45)28-16-23(52-34(49)42-18-21-10-9-11-26(37)25(21)20-42)19-43(28)31(46)27(14-15-41(6)29(44)8-2)38-33(48)53-35(3,4)5/h7-11,22-24,27-28H,1-2,12-20H2,3-6H3,(H,38,48)(H,39,45)(H,40,47)/t22?,23-,27?,28?,36-/m1/s1. The molecule has 5 atom stereocenters. The molecule has 4 aliphatic rings. The van der Waals surface area contributed by atoms with E-state index in [9.17, 15) is 41.6 Å². The van der Waals surface area contributed by atoms with Crippen LogP contribution in [0, 0.1) is 11.7 Å². The molecule has 0 bridgehead atoms. The second kappa shape index (κ2) is 15.4. The van der Waals surface area contributed by atoms with Crippen LogP contribution in [0.2, 0.25) is 0 Å². The Morgan fingerprint density at radius 3 is 2.43 bits per heavy atom. The maximum atomic E-state index is 14.4. The first-order chi connectivity index (χ1) is 25.3. The van der Waals surface area contributed by atoms with Gasteiger partial charge in [-0.3, -0.25) is 28.8 Å². The predicted molar refractivity (Wildman–Crippen MR) is 191 cm³/mol. The molecule has 6 amide bonds. The van der Waals surface area contributed by atoms with Crippen molar-refractivity contribution in [2.75, 3.05) is 20.1 Å². The minimum absolute atomic E-state index is 0.0218. The molecule has 294 valence electrons. The molecular formula is C36H47FN6O10S. The molecule has 2 heterocycles. The zero-order valence-electron chi connectivity index (χ0n) is 30.8. The van der Waals surface area contributed by atoms with Crippen LogP contribution in [-0.2, 0) is 51.8 Å². The minimum atomic E-state index is -3.97. The molecule has 2 saturated carbocycles. The SMILES string of the molecule is C=CC(=O)N(C)CCC(NC(=O)OC(C)(C)C)C(=O)N1C[C@H](OC(=O)N2Cc3cccc(F)c3C2)CC1C(=O)N[C@]1(C(=O)NS(=O)(=O)C2CC2)CC1C=C. The molecule has 18 heteroatoms. The van der Waals surface area contributed by atoms with Gasteiger partial charge in [-0.25, -0.2) is 22.4 Å². The second-order valence-electron chi connectivity index (χ2n) is 15.1. The average molecular weight is 775 g/mol. The molecule has 3 unspecified atom stereocenters. The third-order valence-corrected chi connectivity index (χ3v) is 11.7. The molecule has 1 aromatic carbocycles. The van der Waals surface area contributed by atoms with E-state index in [0.717, 1.165) is 11.0 Å². The highest BCUT2D eigenvalue weighted by Gasteiger charge is 2.62. The van der Waals surface area contributed by atoms with Crippen molar-refractivity contribution in [3.63, 3.8) is 0 Å². The highest BCUT2D eigenvalue weighted by atomic mass is 32.2. The van der Waals surface area contributed by atoms with Gasteiger partial charge in [-0.05, 0) is 64.2 Å². The summed E-state index contributed by atoms with van der Waals surface area (Å²) in [6.45, 7) is 11.7. The third kappa shape index (κ3) is 9.02. The molecule has 0 spiro atoms. The fraction of sp³-hybridized carbons (Fsp3) is 0.556. The van der Waals surface area contributed by atoms with Crippen LogP contribution in [-0.4, -0.2) is 114 Å². The summed E-state index contributed by atoms with van der Waals surface area (Å²) >= 11 is 0. The van der Waals surface area contributed by atoms with Crippen molar-refractivity contribution in [2.24, 2.45) is 5.92 Å². The van der Waals surface area contributed by atoms with Crippen molar-refractivity contribution < 1.29 is 51.0 Å². The van der Waals surface area contributed by atoms with E-state index in [2.05, 4.69) is 28.5 Å². The van der Waals surface area contributed by atoms with Gasteiger partial charge in [-0.15, -0.1) is 6.58 Å². The number of amides is 6. The molecule has 0 aromatic heterocycles. The molecular weight excluding hydrogens is 727 g/mol. The highest BCUT2D eigenvalue weighted by Crippen LogP contribution is 2.45. The molecule has 2 aliphatic carbocycles. The molecule has 2 aliphatic heterocycles. The number of likely N-dealkylation sites (N-methyl/N-ethyl adjacent to an activating group) is 1. The fourth-order valence-corrected chi connectivity index (χ4v) is 7.98. The summed E-state index contributed by atoms with van der Waals surface area (Å²) in [5.41, 5.74) is -1.65. The summed E-state index contributed by atoms with van der Waals surface area (Å²) in [6.07, 6.45) is 0.189. The number of likely N-dealkylation sites (tertiary alicyclic amines) is 1. The van der Waals surface area contributed by atoms with Gasteiger partial charge < -0.3 is 29.9 Å². The lowest BCUT2D eigenvalue weighted by molar-refractivity contribution is -0.141. The van der Waals surface area contributed by atoms with Crippen LogP contribution in [0.1, 0.15) is 64.0 Å². The Hall–Kier alpha value is -5.00. The lowest BCUT2D eigenvalue weighted by Crippen LogP contribution is -2.58. The number of halogens is 1. The molecule has 1 aromatic rings. The first-order valence-electron chi connectivity index (χ1n) is 17.7. The lowest BCUT2D eigenvalue weighted by atomic mass is 10.1. The molecule has 3 N–H and O–H groups in total. The summed E-state index contributed by atoms with van der Waals surface area (Å²) in [6, 6.07) is 1.80. The maximum Gasteiger partial charge on any atom is 0.410 e. The van der Waals surface area contributed by atoms with Gasteiger partial charge in [0.2, 0.25) is 27.7 Å². The number of sulfonamides is 1. The third-order valence-electron chi connectivity index (χ3n) is 9.84. The zero-order chi connectivity index (χ0) is 39.7. The average Bonchev–Trinajstić information content (AvgIpc) is 3.99. The van der Waals surface area contributed by atoms with Crippen LogP contribution in [0.3, 0.4) is 0 Å². The largest absolute Gasteiger partial charge is 0.444 e. The van der Waals surface area contributed by atoms with Gasteiger partial charge in [-0.1, -0.05) is 24.8 Å². The Morgan fingerprint density at radius 1 is 1.13 bits per heavy atom. The number of alkyl carbamates (subject to hydrolysis) is 1. The van der Waals surface area contributed by atoms with Crippen molar-refractivity contribution in [3.8, 4) is 0 Å². The van der Waals surface area contributed by atoms with E-state index in [1.54, 1.807) is 26.8 Å².